The van der Waals surface area contributed by atoms with Crippen molar-refractivity contribution in [2.75, 3.05) is 14.2 Å². The molecule has 8 nitrogen and oxygen atoms in total. The molecule has 0 aliphatic heterocycles. The fourth-order valence-electron chi connectivity index (χ4n) is 1.81. The lowest BCUT2D eigenvalue weighted by atomic mass is 9.72. The largest absolute Gasteiger partial charge is 0.481 e. The van der Waals surface area contributed by atoms with E-state index in [1.165, 1.54) is 21.1 Å². The summed E-state index contributed by atoms with van der Waals surface area (Å²) in [4.78, 5) is 42.3. The normalized spacial score (nSPS) is 11.9. The number of hydrogen-bond acceptors (Lipinski definition) is 6. The lowest BCUT2D eigenvalue weighted by molar-refractivity contribution is -0.158. The first-order chi connectivity index (χ1) is 12.5. The van der Waals surface area contributed by atoms with Crippen molar-refractivity contribution in [2.45, 2.75) is 54.4 Å². The number of esters is 2. The number of carboxylic acid groups (broad SMARTS) is 2. The zero-order valence-corrected chi connectivity index (χ0v) is 18.2. The van der Waals surface area contributed by atoms with Crippen LogP contribution in [0.3, 0.4) is 0 Å². The molecule has 0 rings (SSSR count). The van der Waals surface area contributed by atoms with Gasteiger partial charge < -0.3 is 19.7 Å². The minimum Gasteiger partial charge on any atom is -0.481 e. The SMILES string of the molecule is C=C(C)C(=O)O.C=C(C)C(=O)OC.CCC(C)(CC(C)(C)C(=O)O)C(=O)OC. The predicted molar refractivity (Wildman–Crippen MR) is 106 cm³/mol. The van der Waals surface area contributed by atoms with Crippen LogP contribution in [0.4, 0.5) is 0 Å². The van der Waals surface area contributed by atoms with E-state index in [2.05, 4.69) is 17.9 Å². The molecular weight excluding hydrogens is 368 g/mol. The monoisotopic (exact) mass is 402 g/mol. The van der Waals surface area contributed by atoms with Gasteiger partial charge in [0.25, 0.3) is 0 Å². The molecule has 0 saturated carbocycles. The van der Waals surface area contributed by atoms with Crippen LogP contribution in [-0.2, 0) is 28.7 Å². The summed E-state index contributed by atoms with van der Waals surface area (Å²) in [6.07, 6.45) is 0.842. The Morgan fingerprint density at radius 3 is 1.43 bits per heavy atom. The van der Waals surface area contributed by atoms with Gasteiger partial charge in [-0.3, -0.25) is 9.59 Å². The summed E-state index contributed by atoms with van der Waals surface area (Å²) in [7, 11) is 2.65. The number of rotatable bonds is 7. The average molecular weight is 402 g/mol. The zero-order valence-electron chi connectivity index (χ0n) is 18.2. The van der Waals surface area contributed by atoms with E-state index < -0.39 is 22.8 Å². The highest BCUT2D eigenvalue weighted by molar-refractivity contribution is 5.86. The van der Waals surface area contributed by atoms with E-state index in [0.717, 1.165) is 0 Å². The van der Waals surface area contributed by atoms with Gasteiger partial charge in [-0.15, -0.1) is 0 Å². The van der Waals surface area contributed by atoms with Crippen LogP contribution in [0.1, 0.15) is 54.4 Å². The molecule has 1 atom stereocenters. The Morgan fingerprint density at radius 1 is 0.893 bits per heavy atom. The van der Waals surface area contributed by atoms with Gasteiger partial charge in [0.2, 0.25) is 0 Å². The van der Waals surface area contributed by atoms with Crippen LogP contribution in [0.2, 0.25) is 0 Å². The van der Waals surface area contributed by atoms with E-state index in [1.54, 1.807) is 27.7 Å². The second kappa shape index (κ2) is 13.5. The van der Waals surface area contributed by atoms with E-state index in [4.69, 9.17) is 14.9 Å². The maximum absolute atomic E-state index is 11.5. The molecule has 0 aromatic carbocycles. The van der Waals surface area contributed by atoms with Crippen molar-refractivity contribution in [2.24, 2.45) is 10.8 Å². The van der Waals surface area contributed by atoms with E-state index in [-0.39, 0.29) is 23.9 Å². The van der Waals surface area contributed by atoms with Gasteiger partial charge >= 0.3 is 23.9 Å². The topological polar surface area (TPSA) is 127 Å². The summed E-state index contributed by atoms with van der Waals surface area (Å²) in [6.45, 7) is 16.4. The van der Waals surface area contributed by atoms with Crippen molar-refractivity contribution >= 4 is 23.9 Å². The first-order valence-electron chi connectivity index (χ1n) is 8.46. The first kappa shape index (κ1) is 30.1. The van der Waals surface area contributed by atoms with Crippen LogP contribution in [0, 0.1) is 10.8 Å². The fourth-order valence-corrected chi connectivity index (χ4v) is 1.81. The number of carboxylic acids is 2. The van der Waals surface area contributed by atoms with Crippen molar-refractivity contribution in [1.29, 1.82) is 0 Å². The molecule has 0 radical (unpaired) electrons. The molecule has 2 N–H and O–H groups in total. The van der Waals surface area contributed by atoms with Crippen molar-refractivity contribution in [3.63, 3.8) is 0 Å². The van der Waals surface area contributed by atoms with Crippen LogP contribution in [0.25, 0.3) is 0 Å². The first-order valence-corrected chi connectivity index (χ1v) is 8.46. The molecule has 8 heteroatoms. The van der Waals surface area contributed by atoms with Gasteiger partial charge in [-0.25, -0.2) is 9.59 Å². The molecule has 0 heterocycles. The van der Waals surface area contributed by atoms with Crippen LogP contribution >= 0.6 is 0 Å². The van der Waals surface area contributed by atoms with Crippen LogP contribution in [0.5, 0.6) is 0 Å². The minimum atomic E-state index is -0.935. The number of hydrogen-bond donors (Lipinski definition) is 2. The molecule has 0 bridgehead atoms. The Morgan fingerprint density at radius 2 is 1.29 bits per heavy atom. The maximum Gasteiger partial charge on any atom is 0.332 e. The van der Waals surface area contributed by atoms with Crippen LogP contribution in [-0.4, -0.2) is 48.3 Å². The molecule has 0 fully saturated rings. The summed E-state index contributed by atoms with van der Waals surface area (Å²) in [5.74, 6) is -2.53. The molecular formula is C20H34O8. The van der Waals surface area contributed by atoms with Gasteiger partial charge in [0.1, 0.15) is 0 Å². The molecule has 0 aromatic heterocycles. The number of carbonyl (C=O) groups is 4. The third kappa shape index (κ3) is 12.7. The van der Waals surface area contributed by atoms with Crippen LogP contribution < -0.4 is 0 Å². The number of aliphatic carboxylic acids is 2. The third-order valence-electron chi connectivity index (χ3n) is 3.77. The van der Waals surface area contributed by atoms with Gasteiger partial charge in [-0.1, -0.05) is 20.1 Å². The van der Waals surface area contributed by atoms with Gasteiger partial charge in [0.05, 0.1) is 25.0 Å². The Labute approximate surface area is 167 Å². The molecule has 162 valence electrons. The standard InChI is InChI=1S/C11H20O4.C5H8O2.C4H6O2/c1-6-11(4,9(14)15-5)7-10(2,3)8(12)13;1-4(2)5(6)7-3;1-3(2)4(5)6/h6-7H2,1-5H3,(H,12,13);1H2,2-3H3;1H2,2H3,(H,5,6). The van der Waals surface area contributed by atoms with Gasteiger partial charge in [0, 0.05) is 11.1 Å². The summed E-state index contributed by atoms with van der Waals surface area (Å²) >= 11 is 0. The predicted octanol–water partition coefficient (Wildman–Crippen LogP) is 3.46. The molecule has 0 spiro atoms. The Balaban J connectivity index is -0.000000397. The second-order valence-electron chi connectivity index (χ2n) is 7.13. The summed E-state index contributed by atoms with van der Waals surface area (Å²) < 4.78 is 8.97. The van der Waals surface area contributed by atoms with Crippen molar-refractivity contribution in [3.8, 4) is 0 Å². The third-order valence-corrected chi connectivity index (χ3v) is 3.77. The van der Waals surface area contributed by atoms with E-state index in [9.17, 15) is 19.2 Å². The smallest absolute Gasteiger partial charge is 0.332 e. The minimum absolute atomic E-state index is 0.176. The maximum atomic E-state index is 11.5. The summed E-state index contributed by atoms with van der Waals surface area (Å²) in [6, 6.07) is 0. The summed E-state index contributed by atoms with van der Waals surface area (Å²) in [5, 5.41) is 16.9. The van der Waals surface area contributed by atoms with Gasteiger partial charge in [-0.2, -0.15) is 0 Å². The molecule has 1 unspecified atom stereocenters. The second-order valence-corrected chi connectivity index (χ2v) is 7.13. The zero-order chi connectivity index (χ0) is 23.3. The molecule has 0 aliphatic rings. The van der Waals surface area contributed by atoms with E-state index in [0.29, 0.717) is 12.0 Å². The fraction of sp³-hybridized carbons (Fsp3) is 0.600. The lowest BCUT2D eigenvalue weighted by Crippen LogP contribution is -2.37. The van der Waals surface area contributed by atoms with E-state index >= 15 is 0 Å². The number of carbonyl (C=O) groups excluding carboxylic acids is 2. The van der Waals surface area contributed by atoms with Crippen LogP contribution in [0.15, 0.2) is 24.3 Å². The average Bonchev–Trinajstić information content (AvgIpc) is 2.60. The molecule has 0 saturated heterocycles. The quantitative estimate of drug-likeness (QED) is 0.489. The number of ether oxygens (including phenoxy) is 2. The highest BCUT2D eigenvalue weighted by atomic mass is 16.5. The molecule has 0 aliphatic carbocycles. The molecule has 0 amide bonds. The van der Waals surface area contributed by atoms with Crippen molar-refractivity contribution in [1.82, 2.24) is 0 Å². The molecule has 28 heavy (non-hydrogen) atoms. The number of methoxy groups -OCH3 is 2. The highest BCUT2D eigenvalue weighted by Crippen LogP contribution is 2.37. The lowest BCUT2D eigenvalue weighted by Gasteiger charge is -2.31. The van der Waals surface area contributed by atoms with Gasteiger partial charge in [-0.05, 0) is 47.5 Å². The summed E-state index contributed by atoms with van der Waals surface area (Å²) in [5.41, 5.74) is -1.03. The molecule has 0 aromatic rings. The van der Waals surface area contributed by atoms with Crippen molar-refractivity contribution < 1.29 is 38.9 Å². The van der Waals surface area contributed by atoms with Crippen molar-refractivity contribution in [3.05, 3.63) is 24.3 Å². The van der Waals surface area contributed by atoms with E-state index in [1.807, 2.05) is 6.92 Å². The highest BCUT2D eigenvalue weighted by Gasteiger charge is 2.41. The Kier molecular flexibility index (Phi) is 14.5. The Hall–Kier alpha value is -2.64. The van der Waals surface area contributed by atoms with Gasteiger partial charge in [0.15, 0.2) is 0 Å². The Bertz CT molecular complexity index is 577.